The van der Waals surface area contributed by atoms with Crippen LogP contribution in [0.5, 0.6) is 0 Å². The molecule has 1 saturated heterocycles. The Hall–Kier alpha value is -0.520. The molecule has 1 N–H and O–H groups in total. The van der Waals surface area contributed by atoms with Crippen molar-refractivity contribution in [3.05, 3.63) is 0 Å². The van der Waals surface area contributed by atoms with Gasteiger partial charge in [0.15, 0.2) is 0 Å². The van der Waals surface area contributed by atoms with E-state index in [4.69, 9.17) is 6.42 Å². The van der Waals surface area contributed by atoms with Gasteiger partial charge in [0.1, 0.15) is 0 Å². The molecule has 2 nitrogen and oxygen atoms in total. The summed E-state index contributed by atoms with van der Waals surface area (Å²) in [6.07, 6.45) is 7.42. The van der Waals surface area contributed by atoms with Crippen LogP contribution in [-0.2, 0) is 0 Å². The molecule has 2 unspecified atom stereocenters. The van der Waals surface area contributed by atoms with Crippen molar-refractivity contribution in [2.24, 2.45) is 0 Å². The van der Waals surface area contributed by atoms with Gasteiger partial charge in [-0.1, -0.05) is 0 Å². The minimum Gasteiger partial charge on any atom is -0.388 e. The first-order valence-electron chi connectivity index (χ1n) is 4.43. The Morgan fingerprint density at radius 3 is 2.83 bits per heavy atom. The smallest absolute Gasteiger partial charge is 0.0797 e. The molecule has 1 aliphatic rings. The zero-order valence-corrected chi connectivity index (χ0v) is 7.88. The Morgan fingerprint density at radius 1 is 1.75 bits per heavy atom. The zero-order chi connectivity index (χ0) is 9.19. The van der Waals surface area contributed by atoms with Gasteiger partial charge >= 0.3 is 0 Å². The zero-order valence-electron chi connectivity index (χ0n) is 7.88. The Morgan fingerprint density at radius 2 is 2.42 bits per heavy atom. The van der Waals surface area contributed by atoms with E-state index in [0.717, 1.165) is 19.4 Å². The molecule has 68 valence electrons. The predicted molar refractivity (Wildman–Crippen MR) is 49.7 cm³/mol. The van der Waals surface area contributed by atoms with Gasteiger partial charge in [0.25, 0.3) is 0 Å². The van der Waals surface area contributed by atoms with Crippen LogP contribution in [0.3, 0.4) is 0 Å². The van der Waals surface area contributed by atoms with Crippen LogP contribution < -0.4 is 0 Å². The fourth-order valence-corrected chi connectivity index (χ4v) is 1.88. The van der Waals surface area contributed by atoms with Gasteiger partial charge in [-0.25, -0.2) is 0 Å². The number of likely N-dealkylation sites (N-methyl/N-ethyl adjacent to an activating group) is 1. The van der Waals surface area contributed by atoms with E-state index in [1.807, 2.05) is 7.05 Å². The van der Waals surface area contributed by atoms with Gasteiger partial charge in [0.2, 0.25) is 0 Å². The van der Waals surface area contributed by atoms with Crippen molar-refractivity contribution >= 4 is 0 Å². The third kappa shape index (κ3) is 2.00. The average molecular weight is 167 g/mol. The molecular formula is C10H17NO. The lowest BCUT2D eigenvalue weighted by Gasteiger charge is -2.20. The molecule has 2 atom stereocenters. The number of aliphatic hydroxyl groups is 1. The molecule has 0 amide bonds. The second-order valence-electron chi connectivity index (χ2n) is 3.90. The Labute approximate surface area is 74.6 Å². The first-order chi connectivity index (χ1) is 5.57. The SMILES string of the molecule is C#CCCC1(O)CC(C)N(C)C1. The highest BCUT2D eigenvalue weighted by Gasteiger charge is 2.37. The Balaban J connectivity index is 2.47. The van der Waals surface area contributed by atoms with E-state index in [1.165, 1.54) is 0 Å². The fourth-order valence-electron chi connectivity index (χ4n) is 1.88. The van der Waals surface area contributed by atoms with Crippen LogP contribution in [-0.4, -0.2) is 35.2 Å². The molecule has 1 heterocycles. The monoisotopic (exact) mass is 167 g/mol. The average Bonchev–Trinajstić information content (AvgIpc) is 2.24. The lowest BCUT2D eigenvalue weighted by Crippen LogP contribution is -2.31. The summed E-state index contributed by atoms with van der Waals surface area (Å²) in [7, 11) is 2.04. The topological polar surface area (TPSA) is 23.5 Å². The molecular weight excluding hydrogens is 150 g/mol. The standard InChI is InChI=1S/C10H17NO/c1-4-5-6-10(12)7-9(2)11(3)8-10/h1,9,12H,5-8H2,2-3H3. The second-order valence-corrected chi connectivity index (χ2v) is 3.90. The van der Waals surface area contributed by atoms with E-state index in [2.05, 4.69) is 17.7 Å². The van der Waals surface area contributed by atoms with Crippen LogP contribution in [0.25, 0.3) is 0 Å². The first kappa shape index (κ1) is 9.57. The molecule has 1 rings (SSSR count). The number of hydrogen-bond donors (Lipinski definition) is 1. The van der Waals surface area contributed by atoms with Gasteiger partial charge in [-0.3, -0.25) is 0 Å². The first-order valence-corrected chi connectivity index (χ1v) is 4.43. The lowest BCUT2D eigenvalue weighted by molar-refractivity contribution is 0.0444. The normalized spacial score (nSPS) is 36.7. The highest BCUT2D eigenvalue weighted by atomic mass is 16.3. The quantitative estimate of drug-likeness (QED) is 0.616. The minimum absolute atomic E-state index is 0.479. The number of terminal acetylenes is 1. The number of nitrogens with zero attached hydrogens (tertiary/aromatic N) is 1. The van der Waals surface area contributed by atoms with E-state index < -0.39 is 5.60 Å². The van der Waals surface area contributed by atoms with Crippen LogP contribution >= 0.6 is 0 Å². The molecule has 12 heavy (non-hydrogen) atoms. The van der Waals surface area contributed by atoms with E-state index >= 15 is 0 Å². The lowest BCUT2D eigenvalue weighted by atomic mass is 9.95. The van der Waals surface area contributed by atoms with E-state index in [-0.39, 0.29) is 0 Å². The molecule has 1 aliphatic heterocycles. The minimum atomic E-state index is -0.527. The van der Waals surface area contributed by atoms with Crippen molar-refractivity contribution in [1.82, 2.24) is 4.90 Å². The summed E-state index contributed by atoms with van der Waals surface area (Å²) in [5.74, 6) is 2.57. The summed E-state index contributed by atoms with van der Waals surface area (Å²) in [4.78, 5) is 2.18. The molecule has 0 aliphatic carbocycles. The Kier molecular flexibility index (Phi) is 2.76. The van der Waals surface area contributed by atoms with Crippen LogP contribution in [0.15, 0.2) is 0 Å². The summed E-state index contributed by atoms with van der Waals surface area (Å²) < 4.78 is 0. The molecule has 2 heteroatoms. The third-order valence-electron chi connectivity index (χ3n) is 2.71. The van der Waals surface area contributed by atoms with Crippen molar-refractivity contribution in [3.63, 3.8) is 0 Å². The van der Waals surface area contributed by atoms with Gasteiger partial charge in [0, 0.05) is 19.0 Å². The largest absolute Gasteiger partial charge is 0.388 e. The maximum absolute atomic E-state index is 10.0. The maximum atomic E-state index is 10.0. The molecule has 0 saturated carbocycles. The van der Waals surface area contributed by atoms with Crippen LogP contribution in [0, 0.1) is 12.3 Å². The predicted octanol–water partition coefficient (Wildman–Crippen LogP) is 0.855. The second kappa shape index (κ2) is 3.47. The molecule has 1 fully saturated rings. The van der Waals surface area contributed by atoms with Crippen molar-refractivity contribution in [3.8, 4) is 12.3 Å². The van der Waals surface area contributed by atoms with Gasteiger partial charge < -0.3 is 10.0 Å². The summed E-state index contributed by atoms with van der Waals surface area (Å²) in [6, 6.07) is 0.479. The molecule has 0 aromatic heterocycles. The van der Waals surface area contributed by atoms with Crippen LogP contribution in [0.4, 0.5) is 0 Å². The van der Waals surface area contributed by atoms with E-state index in [9.17, 15) is 5.11 Å². The third-order valence-corrected chi connectivity index (χ3v) is 2.71. The van der Waals surface area contributed by atoms with Gasteiger partial charge in [-0.05, 0) is 26.8 Å². The number of likely N-dealkylation sites (tertiary alicyclic amines) is 1. The van der Waals surface area contributed by atoms with Crippen LogP contribution in [0.1, 0.15) is 26.2 Å². The summed E-state index contributed by atoms with van der Waals surface area (Å²) in [5.41, 5.74) is -0.527. The van der Waals surface area contributed by atoms with Crippen molar-refractivity contribution < 1.29 is 5.11 Å². The maximum Gasteiger partial charge on any atom is 0.0797 e. The highest BCUT2D eigenvalue weighted by molar-refractivity contribution is 4.96. The van der Waals surface area contributed by atoms with Crippen molar-refractivity contribution in [1.29, 1.82) is 0 Å². The van der Waals surface area contributed by atoms with Gasteiger partial charge in [-0.15, -0.1) is 12.3 Å². The number of rotatable bonds is 2. The van der Waals surface area contributed by atoms with E-state index in [1.54, 1.807) is 0 Å². The fraction of sp³-hybridized carbons (Fsp3) is 0.800. The molecule has 0 radical (unpaired) electrons. The number of β-amino-alcohol motifs (C(OH)–C–C–N with tert-alkyl or cyclic N) is 1. The van der Waals surface area contributed by atoms with Crippen LogP contribution in [0.2, 0.25) is 0 Å². The molecule has 0 aromatic carbocycles. The number of hydrogen-bond acceptors (Lipinski definition) is 2. The van der Waals surface area contributed by atoms with E-state index in [0.29, 0.717) is 12.5 Å². The van der Waals surface area contributed by atoms with Crippen molar-refractivity contribution in [2.45, 2.75) is 37.8 Å². The Bertz CT molecular complexity index is 185. The van der Waals surface area contributed by atoms with Gasteiger partial charge in [0.05, 0.1) is 5.60 Å². The molecule has 0 bridgehead atoms. The molecule has 0 aromatic rings. The molecule has 0 spiro atoms. The summed E-state index contributed by atoms with van der Waals surface area (Å²) >= 11 is 0. The van der Waals surface area contributed by atoms with Gasteiger partial charge in [-0.2, -0.15) is 0 Å². The highest BCUT2D eigenvalue weighted by Crippen LogP contribution is 2.29. The van der Waals surface area contributed by atoms with Crippen molar-refractivity contribution in [2.75, 3.05) is 13.6 Å². The summed E-state index contributed by atoms with van der Waals surface area (Å²) in [6.45, 7) is 2.89. The summed E-state index contributed by atoms with van der Waals surface area (Å²) in [5, 5.41) is 10.0.